The Morgan fingerprint density at radius 2 is 1.96 bits per heavy atom. The average Bonchev–Trinajstić information content (AvgIpc) is 3.63. The number of benzene rings is 2. The molecule has 1 N–H and O–H groups in total. The lowest BCUT2D eigenvalue weighted by molar-refractivity contribution is 0.292. The minimum Gasteiger partial charge on any atom is -0.508 e. The third kappa shape index (κ3) is 5.52. The molecular formula is C36H33F2N5O4. The van der Waals surface area contributed by atoms with Gasteiger partial charge in [0.05, 0.1) is 18.2 Å². The van der Waals surface area contributed by atoms with E-state index in [1.165, 1.54) is 44.2 Å². The molecule has 3 aromatic heterocycles. The molecule has 0 saturated carbocycles. The van der Waals surface area contributed by atoms with Gasteiger partial charge in [-0.15, -0.1) is 6.42 Å². The fourth-order valence-corrected chi connectivity index (χ4v) is 7.02. The van der Waals surface area contributed by atoms with Crippen LogP contribution in [-0.4, -0.2) is 70.5 Å². The highest BCUT2D eigenvalue weighted by Crippen LogP contribution is 2.40. The summed E-state index contributed by atoms with van der Waals surface area (Å²) in [6.45, 7) is 4.80. The number of phenolic OH excluding ortho intramolecular Hbond substituents is 1. The molecule has 0 amide bonds. The van der Waals surface area contributed by atoms with Crippen LogP contribution in [0.25, 0.3) is 33.0 Å². The van der Waals surface area contributed by atoms with E-state index in [2.05, 4.69) is 25.8 Å². The minimum absolute atomic E-state index is 0.00162. The number of anilines is 1. The first-order valence-corrected chi connectivity index (χ1v) is 15.6. The third-order valence-corrected chi connectivity index (χ3v) is 9.33. The first kappa shape index (κ1) is 30.6. The highest BCUT2D eigenvalue weighted by Gasteiger charge is 2.35. The number of aromatic hydroxyl groups is 1. The molecule has 2 aromatic carbocycles. The maximum absolute atomic E-state index is 14.6. The maximum Gasteiger partial charge on any atom is 0.349 e. The van der Waals surface area contributed by atoms with E-state index >= 15 is 0 Å². The lowest BCUT2D eigenvalue weighted by Gasteiger charge is -2.40. The van der Waals surface area contributed by atoms with Gasteiger partial charge in [0.2, 0.25) is 0 Å². The van der Waals surface area contributed by atoms with E-state index in [1.807, 2.05) is 23.1 Å². The predicted molar refractivity (Wildman–Crippen MR) is 175 cm³/mol. The Morgan fingerprint density at radius 1 is 1.13 bits per heavy atom. The number of methoxy groups -OCH3 is 1. The molecule has 240 valence electrons. The Morgan fingerprint density at radius 3 is 2.68 bits per heavy atom. The zero-order valence-electron chi connectivity index (χ0n) is 26.0. The Balaban J connectivity index is 0.000000334. The molecule has 0 aliphatic carbocycles. The van der Waals surface area contributed by atoms with Crippen molar-refractivity contribution >= 4 is 27.5 Å². The number of ether oxygens (including phenoxy) is 1. The van der Waals surface area contributed by atoms with Gasteiger partial charge in [-0.2, -0.15) is 9.97 Å². The molecule has 0 bridgehead atoms. The third-order valence-electron chi connectivity index (χ3n) is 9.33. The van der Waals surface area contributed by atoms with E-state index in [0.717, 1.165) is 18.7 Å². The standard InChI is InChI=1S/C29H21FN4O4.C7H12FN/c1-4-19-21(30)9-8-16-11-18(35)12-20(23(16)19)26-15(2)25-24(28(36)38-26)27(33-29(32-25)37-3)34-13-17(14-34)22-7-5-6-10-31-22;8-6-4-7-2-1-3-9(7)5-6/h1,5-12,17,35H,13-14H2,2-3H3;6-7H,1-5H2. The Hall–Kier alpha value is -5.08. The van der Waals surface area contributed by atoms with E-state index in [4.69, 9.17) is 15.6 Å². The number of halogens is 2. The number of pyridine rings is 1. The molecule has 0 radical (unpaired) electrons. The molecule has 0 spiro atoms. The van der Waals surface area contributed by atoms with Gasteiger partial charge in [0.1, 0.15) is 28.9 Å². The second-order valence-electron chi connectivity index (χ2n) is 12.2. The van der Waals surface area contributed by atoms with Crippen molar-refractivity contribution in [1.29, 1.82) is 0 Å². The van der Waals surface area contributed by atoms with Crippen molar-refractivity contribution < 1.29 is 23.0 Å². The summed E-state index contributed by atoms with van der Waals surface area (Å²) in [5.41, 5.74) is 1.39. The zero-order valence-corrected chi connectivity index (χ0v) is 26.0. The van der Waals surface area contributed by atoms with Crippen molar-refractivity contribution in [2.75, 3.05) is 38.2 Å². The van der Waals surface area contributed by atoms with Gasteiger partial charge in [-0.3, -0.25) is 9.88 Å². The number of hydrogen-bond donors (Lipinski definition) is 1. The van der Waals surface area contributed by atoms with Crippen LogP contribution in [0.3, 0.4) is 0 Å². The molecule has 3 fully saturated rings. The lowest BCUT2D eigenvalue weighted by atomic mass is 9.94. The van der Waals surface area contributed by atoms with Crippen LogP contribution in [-0.2, 0) is 0 Å². The number of phenols is 1. The first-order chi connectivity index (χ1) is 22.7. The smallest absolute Gasteiger partial charge is 0.349 e. The molecule has 2 unspecified atom stereocenters. The molecule has 3 aliphatic heterocycles. The topological polar surface area (TPSA) is 105 Å². The normalized spacial score (nSPS) is 19.3. The van der Waals surface area contributed by atoms with Crippen LogP contribution in [0.5, 0.6) is 11.8 Å². The van der Waals surface area contributed by atoms with Gasteiger partial charge in [-0.25, -0.2) is 13.6 Å². The van der Waals surface area contributed by atoms with Crippen LogP contribution in [0.4, 0.5) is 14.6 Å². The number of aromatic nitrogens is 3. The largest absolute Gasteiger partial charge is 0.508 e. The SMILES string of the molecule is C#Cc1c(F)ccc2cc(O)cc(-c3oc(=O)c4c(N5CC(c6ccccn6)C5)nc(OC)nc4c3C)c12.FC1CC2CCCN2C1. The van der Waals surface area contributed by atoms with Gasteiger partial charge in [0.25, 0.3) is 0 Å². The summed E-state index contributed by atoms with van der Waals surface area (Å²) in [6, 6.07) is 12.1. The Bertz CT molecular complexity index is 2080. The van der Waals surface area contributed by atoms with E-state index in [-0.39, 0.29) is 40.0 Å². The highest BCUT2D eigenvalue weighted by atomic mass is 19.1. The molecule has 8 rings (SSSR count). The van der Waals surface area contributed by atoms with Crippen LogP contribution in [0.2, 0.25) is 0 Å². The average molecular weight is 638 g/mol. The van der Waals surface area contributed by atoms with Crippen molar-refractivity contribution in [3.05, 3.63) is 81.7 Å². The van der Waals surface area contributed by atoms with Gasteiger partial charge in [0, 0.05) is 60.0 Å². The van der Waals surface area contributed by atoms with Crippen molar-refractivity contribution in [3.8, 4) is 35.4 Å². The summed E-state index contributed by atoms with van der Waals surface area (Å²) >= 11 is 0. The maximum atomic E-state index is 14.6. The highest BCUT2D eigenvalue weighted by molar-refractivity contribution is 6.03. The summed E-state index contributed by atoms with van der Waals surface area (Å²) in [7, 11) is 1.45. The molecule has 11 heteroatoms. The molecule has 6 heterocycles. The van der Waals surface area contributed by atoms with Gasteiger partial charge >= 0.3 is 11.6 Å². The first-order valence-electron chi connectivity index (χ1n) is 15.6. The van der Waals surface area contributed by atoms with Crippen LogP contribution in [0.15, 0.2) is 57.9 Å². The van der Waals surface area contributed by atoms with Crippen molar-refractivity contribution in [1.82, 2.24) is 19.9 Å². The second-order valence-corrected chi connectivity index (χ2v) is 12.2. The second kappa shape index (κ2) is 12.3. The lowest BCUT2D eigenvalue weighted by Crippen LogP contribution is -2.46. The fourth-order valence-electron chi connectivity index (χ4n) is 7.02. The van der Waals surface area contributed by atoms with Crippen molar-refractivity contribution in [2.24, 2.45) is 0 Å². The van der Waals surface area contributed by atoms with Crippen molar-refractivity contribution in [3.63, 3.8) is 0 Å². The number of aryl methyl sites for hydroxylation is 1. The number of rotatable bonds is 4. The number of terminal acetylenes is 1. The number of nitrogens with zero attached hydrogens (tertiary/aromatic N) is 5. The Labute approximate surface area is 269 Å². The molecule has 3 aliphatic rings. The van der Waals surface area contributed by atoms with Crippen LogP contribution >= 0.6 is 0 Å². The van der Waals surface area contributed by atoms with Gasteiger partial charge in [-0.1, -0.05) is 18.1 Å². The number of fused-ring (bicyclic) bond motifs is 3. The van der Waals surface area contributed by atoms with Crippen LogP contribution in [0, 0.1) is 25.1 Å². The molecule has 3 saturated heterocycles. The van der Waals surface area contributed by atoms with Gasteiger partial charge in [-0.05, 0) is 68.4 Å². The summed E-state index contributed by atoms with van der Waals surface area (Å²) in [4.78, 5) is 31.1. The van der Waals surface area contributed by atoms with Crippen LogP contribution < -0.4 is 15.3 Å². The molecule has 9 nitrogen and oxygen atoms in total. The molecule has 5 aromatic rings. The van der Waals surface area contributed by atoms with Gasteiger partial charge < -0.3 is 19.2 Å². The van der Waals surface area contributed by atoms with Gasteiger partial charge in [0.15, 0.2) is 5.82 Å². The zero-order chi connectivity index (χ0) is 32.8. The quantitative estimate of drug-likeness (QED) is 0.247. The van der Waals surface area contributed by atoms with E-state index in [0.29, 0.717) is 53.3 Å². The minimum atomic E-state index is -0.672. The molecule has 2 atom stereocenters. The summed E-state index contributed by atoms with van der Waals surface area (Å²) in [5, 5.41) is 11.5. The molecular weight excluding hydrogens is 604 g/mol. The van der Waals surface area contributed by atoms with Crippen molar-refractivity contribution in [2.45, 2.75) is 44.3 Å². The Kier molecular flexibility index (Phi) is 7.98. The summed E-state index contributed by atoms with van der Waals surface area (Å²) in [5.74, 6) is 2.40. The summed E-state index contributed by atoms with van der Waals surface area (Å²) in [6.07, 6.45) is 10.2. The van der Waals surface area contributed by atoms with E-state index in [9.17, 15) is 18.7 Å². The number of hydrogen-bond acceptors (Lipinski definition) is 9. The van der Waals surface area contributed by atoms with Crippen LogP contribution in [0.1, 0.15) is 42.0 Å². The molecule has 47 heavy (non-hydrogen) atoms. The summed E-state index contributed by atoms with van der Waals surface area (Å²) < 4.78 is 38.5. The number of alkyl halides is 1. The van der Waals surface area contributed by atoms with E-state index < -0.39 is 17.6 Å². The predicted octanol–water partition coefficient (Wildman–Crippen LogP) is 5.74. The fraction of sp³-hybridized carbons (Fsp3) is 0.333. The van der Waals surface area contributed by atoms with E-state index in [1.54, 1.807) is 13.1 Å². The monoisotopic (exact) mass is 637 g/mol.